The van der Waals surface area contributed by atoms with Crippen molar-refractivity contribution in [2.45, 2.75) is 6.42 Å². The molecular formula is C12H16O5. The van der Waals surface area contributed by atoms with Gasteiger partial charge >= 0.3 is 5.97 Å². The molecule has 5 heteroatoms. The molecule has 1 aromatic carbocycles. The molecule has 1 rings (SSSR count). The van der Waals surface area contributed by atoms with Crippen LogP contribution in [0.15, 0.2) is 18.2 Å². The van der Waals surface area contributed by atoms with Gasteiger partial charge in [0, 0.05) is 6.07 Å². The summed E-state index contributed by atoms with van der Waals surface area (Å²) in [5.41, 5.74) is 0. The average Bonchev–Trinajstić information content (AvgIpc) is 2.38. The highest BCUT2D eigenvalue weighted by Crippen LogP contribution is 2.31. The van der Waals surface area contributed by atoms with Crippen LogP contribution >= 0.6 is 0 Å². The smallest absolute Gasteiger partial charge is 0.308 e. The van der Waals surface area contributed by atoms with Crippen molar-refractivity contribution in [3.05, 3.63) is 18.2 Å². The van der Waals surface area contributed by atoms with Gasteiger partial charge in [-0.25, -0.2) is 0 Å². The van der Waals surface area contributed by atoms with Crippen molar-refractivity contribution in [1.29, 1.82) is 0 Å². The maximum Gasteiger partial charge on any atom is 0.308 e. The van der Waals surface area contributed by atoms with Crippen molar-refractivity contribution in [1.82, 2.24) is 0 Å². The summed E-state index contributed by atoms with van der Waals surface area (Å²) in [6, 6.07) is 5.22. The third-order valence-corrected chi connectivity index (χ3v) is 2.16. The summed E-state index contributed by atoms with van der Waals surface area (Å²) < 4.78 is 20.2. The molecule has 0 bridgehead atoms. The molecule has 0 aliphatic heterocycles. The van der Waals surface area contributed by atoms with Crippen LogP contribution in [0.1, 0.15) is 6.42 Å². The number of hydrogen-bond acceptors (Lipinski definition) is 5. The summed E-state index contributed by atoms with van der Waals surface area (Å²) in [7, 11) is 4.46. The van der Waals surface area contributed by atoms with Gasteiger partial charge in [0.15, 0.2) is 11.5 Å². The van der Waals surface area contributed by atoms with E-state index in [4.69, 9.17) is 14.2 Å². The fourth-order valence-electron chi connectivity index (χ4n) is 1.24. The van der Waals surface area contributed by atoms with Gasteiger partial charge in [-0.3, -0.25) is 4.79 Å². The van der Waals surface area contributed by atoms with Crippen LogP contribution in [0.3, 0.4) is 0 Å². The van der Waals surface area contributed by atoms with Crippen LogP contribution in [0.5, 0.6) is 17.2 Å². The van der Waals surface area contributed by atoms with Gasteiger partial charge in [0.25, 0.3) is 0 Å². The van der Waals surface area contributed by atoms with Gasteiger partial charge in [-0.1, -0.05) is 0 Å². The summed E-state index contributed by atoms with van der Waals surface area (Å²) in [5, 5.41) is 0. The van der Waals surface area contributed by atoms with Crippen molar-refractivity contribution in [3.8, 4) is 17.2 Å². The van der Waals surface area contributed by atoms with E-state index in [1.807, 2.05) is 0 Å². The van der Waals surface area contributed by atoms with E-state index in [1.165, 1.54) is 7.11 Å². The maximum absolute atomic E-state index is 10.9. The zero-order valence-electron chi connectivity index (χ0n) is 10.2. The summed E-state index contributed by atoms with van der Waals surface area (Å²) in [4.78, 5) is 10.9. The molecule has 0 atom stereocenters. The topological polar surface area (TPSA) is 54.0 Å². The Kier molecular flexibility index (Phi) is 5.13. The van der Waals surface area contributed by atoms with E-state index in [2.05, 4.69) is 4.74 Å². The first kappa shape index (κ1) is 13.2. The number of hydrogen-bond donors (Lipinski definition) is 0. The summed E-state index contributed by atoms with van der Waals surface area (Å²) >= 11 is 0. The number of methoxy groups -OCH3 is 3. The van der Waals surface area contributed by atoms with Gasteiger partial charge in [0.2, 0.25) is 0 Å². The minimum Gasteiger partial charge on any atom is -0.497 e. The molecule has 0 fully saturated rings. The van der Waals surface area contributed by atoms with Crippen molar-refractivity contribution < 1.29 is 23.7 Å². The Morgan fingerprint density at radius 3 is 2.47 bits per heavy atom. The number of esters is 1. The lowest BCUT2D eigenvalue weighted by molar-refractivity contribution is -0.141. The van der Waals surface area contributed by atoms with E-state index in [0.29, 0.717) is 17.2 Å². The standard InChI is InChI=1S/C12H16O5/c1-14-9-4-5-10(15-2)11(8-9)17-7-6-12(13)16-3/h4-5,8H,6-7H2,1-3H3. The number of benzene rings is 1. The molecule has 0 aromatic heterocycles. The molecule has 0 heterocycles. The van der Waals surface area contributed by atoms with Crippen molar-refractivity contribution in [2.24, 2.45) is 0 Å². The second-order valence-electron chi connectivity index (χ2n) is 3.19. The molecule has 1 aromatic rings. The molecule has 5 nitrogen and oxygen atoms in total. The third-order valence-electron chi connectivity index (χ3n) is 2.16. The summed E-state index contributed by atoms with van der Waals surface area (Å²) in [6.45, 7) is 0.232. The quantitative estimate of drug-likeness (QED) is 0.707. The van der Waals surface area contributed by atoms with E-state index in [0.717, 1.165) is 0 Å². The number of rotatable bonds is 6. The van der Waals surface area contributed by atoms with Gasteiger partial charge in [0.05, 0.1) is 34.4 Å². The number of ether oxygens (including phenoxy) is 4. The van der Waals surface area contributed by atoms with Gasteiger partial charge in [-0.15, -0.1) is 0 Å². The molecule has 0 radical (unpaired) electrons. The van der Waals surface area contributed by atoms with Crippen molar-refractivity contribution >= 4 is 5.97 Å². The minimum absolute atomic E-state index is 0.191. The van der Waals surface area contributed by atoms with Crippen LogP contribution in [0, 0.1) is 0 Å². The third kappa shape index (κ3) is 3.86. The molecular weight excluding hydrogens is 224 g/mol. The van der Waals surface area contributed by atoms with Crippen LogP contribution in [0.25, 0.3) is 0 Å². The Labute approximate surface area is 100 Å². The Morgan fingerprint density at radius 1 is 1.12 bits per heavy atom. The predicted octanol–water partition coefficient (Wildman–Crippen LogP) is 1.65. The summed E-state index contributed by atoms with van der Waals surface area (Å²) in [6.07, 6.45) is 0.191. The van der Waals surface area contributed by atoms with Crippen LogP contribution < -0.4 is 14.2 Å². The van der Waals surface area contributed by atoms with Gasteiger partial charge in [0.1, 0.15) is 5.75 Å². The van der Waals surface area contributed by atoms with Crippen LogP contribution in [-0.4, -0.2) is 33.9 Å². The van der Waals surface area contributed by atoms with E-state index in [1.54, 1.807) is 32.4 Å². The van der Waals surface area contributed by atoms with Gasteiger partial charge < -0.3 is 18.9 Å². The van der Waals surface area contributed by atoms with Crippen molar-refractivity contribution in [2.75, 3.05) is 27.9 Å². The highest BCUT2D eigenvalue weighted by atomic mass is 16.5. The highest BCUT2D eigenvalue weighted by molar-refractivity contribution is 5.69. The lowest BCUT2D eigenvalue weighted by Gasteiger charge is -2.11. The lowest BCUT2D eigenvalue weighted by atomic mass is 10.3. The van der Waals surface area contributed by atoms with E-state index in [9.17, 15) is 4.79 Å². The van der Waals surface area contributed by atoms with Gasteiger partial charge in [-0.2, -0.15) is 0 Å². The first-order valence-electron chi connectivity index (χ1n) is 5.13. The molecule has 0 saturated carbocycles. The van der Waals surface area contributed by atoms with Gasteiger partial charge in [-0.05, 0) is 12.1 Å². The van der Waals surface area contributed by atoms with E-state index < -0.39 is 0 Å². The van der Waals surface area contributed by atoms with Crippen molar-refractivity contribution in [3.63, 3.8) is 0 Å². The first-order valence-corrected chi connectivity index (χ1v) is 5.13. The molecule has 94 valence electrons. The molecule has 17 heavy (non-hydrogen) atoms. The average molecular weight is 240 g/mol. The molecule has 0 aliphatic rings. The minimum atomic E-state index is -0.313. The first-order chi connectivity index (χ1) is 8.21. The van der Waals surface area contributed by atoms with Crippen LogP contribution in [0.2, 0.25) is 0 Å². The van der Waals surface area contributed by atoms with Crippen LogP contribution in [0.4, 0.5) is 0 Å². The normalized spacial score (nSPS) is 9.59. The maximum atomic E-state index is 10.9. The second-order valence-corrected chi connectivity index (χ2v) is 3.19. The molecule has 0 saturated heterocycles. The Bertz CT molecular complexity index is 375. The zero-order valence-corrected chi connectivity index (χ0v) is 10.2. The summed E-state index contributed by atoms with van der Waals surface area (Å²) in [5.74, 6) is 1.48. The fourth-order valence-corrected chi connectivity index (χ4v) is 1.24. The molecule has 0 spiro atoms. The monoisotopic (exact) mass is 240 g/mol. The lowest BCUT2D eigenvalue weighted by Crippen LogP contribution is -2.08. The Hall–Kier alpha value is -1.91. The number of carbonyl (C=O) groups is 1. The predicted molar refractivity (Wildman–Crippen MR) is 61.7 cm³/mol. The zero-order chi connectivity index (χ0) is 12.7. The van der Waals surface area contributed by atoms with E-state index in [-0.39, 0.29) is 19.0 Å². The number of carbonyl (C=O) groups excluding carboxylic acids is 1. The van der Waals surface area contributed by atoms with Crippen LogP contribution in [-0.2, 0) is 9.53 Å². The SMILES string of the molecule is COC(=O)CCOc1cc(OC)ccc1OC. The largest absolute Gasteiger partial charge is 0.497 e. The molecule has 0 amide bonds. The second kappa shape index (κ2) is 6.62. The Balaban J connectivity index is 2.64. The Morgan fingerprint density at radius 2 is 1.88 bits per heavy atom. The highest BCUT2D eigenvalue weighted by Gasteiger charge is 2.07. The molecule has 0 aliphatic carbocycles. The fraction of sp³-hybridized carbons (Fsp3) is 0.417. The molecule has 0 N–H and O–H groups in total. The van der Waals surface area contributed by atoms with E-state index >= 15 is 0 Å². The molecule has 0 unspecified atom stereocenters.